The third-order valence-corrected chi connectivity index (χ3v) is 2.95. The Kier molecular flexibility index (Phi) is 2.93. The van der Waals surface area contributed by atoms with Crippen molar-refractivity contribution in [3.8, 4) is 17.1 Å². The summed E-state index contributed by atoms with van der Waals surface area (Å²) in [7, 11) is 0. The van der Waals surface area contributed by atoms with Crippen molar-refractivity contribution in [2.45, 2.75) is 0 Å². The Morgan fingerprint density at radius 3 is 2.53 bits per heavy atom. The highest BCUT2D eigenvalue weighted by molar-refractivity contribution is 6.30. The van der Waals surface area contributed by atoms with E-state index in [0.29, 0.717) is 16.8 Å². The van der Waals surface area contributed by atoms with Crippen molar-refractivity contribution in [2.24, 2.45) is 0 Å². The van der Waals surface area contributed by atoms with Gasteiger partial charge in [-0.1, -0.05) is 41.9 Å². The molecule has 0 unspecified atom stereocenters. The van der Waals surface area contributed by atoms with Gasteiger partial charge in [0.15, 0.2) is 5.82 Å². The molecular formula is C14H11ClN4. The molecule has 94 valence electrons. The van der Waals surface area contributed by atoms with Crippen LogP contribution in [0.5, 0.6) is 0 Å². The van der Waals surface area contributed by atoms with Crippen LogP contribution in [0.4, 0.5) is 5.95 Å². The van der Waals surface area contributed by atoms with Crippen molar-refractivity contribution in [1.29, 1.82) is 0 Å². The summed E-state index contributed by atoms with van der Waals surface area (Å²) in [5, 5.41) is 5.06. The first-order chi connectivity index (χ1) is 9.24. The summed E-state index contributed by atoms with van der Waals surface area (Å²) in [6.07, 6.45) is 0. The first-order valence-electron chi connectivity index (χ1n) is 5.78. The lowest BCUT2D eigenvalue weighted by molar-refractivity contribution is 0.894. The number of nitrogen functional groups attached to an aromatic ring is 1. The fourth-order valence-electron chi connectivity index (χ4n) is 1.83. The van der Waals surface area contributed by atoms with Crippen LogP contribution in [0.1, 0.15) is 0 Å². The summed E-state index contributed by atoms with van der Waals surface area (Å²) in [5.41, 5.74) is 7.62. The third kappa shape index (κ3) is 2.30. The smallest absolute Gasteiger partial charge is 0.223 e. The molecule has 19 heavy (non-hydrogen) atoms. The Bertz CT molecular complexity index is 706. The van der Waals surface area contributed by atoms with E-state index in [0.717, 1.165) is 11.3 Å². The second-order valence-corrected chi connectivity index (χ2v) is 4.49. The normalized spacial score (nSPS) is 10.6. The summed E-state index contributed by atoms with van der Waals surface area (Å²) >= 11 is 5.96. The third-order valence-electron chi connectivity index (χ3n) is 2.72. The molecule has 0 atom stereocenters. The van der Waals surface area contributed by atoms with E-state index in [1.54, 1.807) is 4.68 Å². The second-order valence-electron chi connectivity index (χ2n) is 4.05. The monoisotopic (exact) mass is 270 g/mol. The number of nitrogens with zero attached hydrogens (tertiary/aromatic N) is 3. The maximum absolute atomic E-state index is 5.96. The highest BCUT2D eigenvalue weighted by atomic mass is 35.5. The van der Waals surface area contributed by atoms with Gasteiger partial charge < -0.3 is 5.73 Å². The maximum Gasteiger partial charge on any atom is 0.223 e. The van der Waals surface area contributed by atoms with Gasteiger partial charge in [-0.2, -0.15) is 9.67 Å². The molecule has 2 aromatic carbocycles. The topological polar surface area (TPSA) is 56.7 Å². The molecule has 0 saturated heterocycles. The molecule has 3 aromatic rings. The van der Waals surface area contributed by atoms with Gasteiger partial charge >= 0.3 is 0 Å². The van der Waals surface area contributed by atoms with E-state index in [4.69, 9.17) is 17.3 Å². The summed E-state index contributed by atoms with van der Waals surface area (Å²) in [6, 6.07) is 17.0. The van der Waals surface area contributed by atoms with Crippen LogP contribution in [0, 0.1) is 0 Å². The lowest BCUT2D eigenvalue weighted by Crippen LogP contribution is -2.01. The summed E-state index contributed by atoms with van der Waals surface area (Å²) in [5.74, 6) is 0.907. The van der Waals surface area contributed by atoms with E-state index in [-0.39, 0.29) is 0 Å². The fourth-order valence-corrected chi connectivity index (χ4v) is 2.02. The minimum Gasteiger partial charge on any atom is -0.368 e. The molecule has 0 spiro atoms. The molecule has 3 rings (SSSR count). The van der Waals surface area contributed by atoms with E-state index in [1.165, 1.54) is 0 Å². The van der Waals surface area contributed by atoms with Crippen LogP contribution in [-0.2, 0) is 0 Å². The molecule has 4 nitrogen and oxygen atoms in total. The number of hydrogen-bond donors (Lipinski definition) is 1. The fraction of sp³-hybridized carbons (Fsp3) is 0. The van der Waals surface area contributed by atoms with Gasteiger partial charge in [0.2, 0.25) is 5.95 Å². The molecule has 5 heteroatoms. The van der Waals surface area contributed by atoms with Gasteiger partial charge in [0.25, 0.3) is 0 Å². The Morgan fingerprint density at radius 2 is 1.79 bits per heavy atom. The predicted molar refractivity (Wildman–Crippen MR) is 76.2 cm³/mol. The molecule has 0 bridgehead atoms. The number of hydrogen-bond acceptors (Lipinski definition) is 3. The number of benzene rings is 2. The van der Waals surface area contributed by atoms with Crippen LogP contribution in [0.25, 0.3) is 17.1 Å². The quantitative estimate of drug-likeness (QED) is 0.778. The zero-order chi connectivity index (χ0) is 13.2. The highest BCUT2D eigenvalue weighted by Crippen LogP contribution is 2.22. The summed E-state index contributed by atoms with van der Waals surface area (Å²) < 4.78 is 1.61. The minimum absolute atomic E-state index is 0.348. The standard InChI is InChI=1S/C14H11ClN4/c15-11-6-4-5-10(9-11)13-17-14(16)19(18-13)12-7-2-1-3-8-12/h1-9H,(H2,16,17,18). The van der Waals surface area contributed by atoms with Crippen molar-refractivity contribution in [3.63, 3.8) is 0 Å². The van der Waals surface area contributed by atoms with E-state index in [2.05, 4.69) is 10.1 Å². The van der Waals surface area contributed by atoms with Crippen LogP contribution in [0.3, 0.4) is 0 Å². The molecule has 0 aliphatic carbocycles. The van der Waals surface area contributed by atoms with Crippen LogP contribution in [-0.4, -0.2) is 14.8 Å². The number of para-hydroxylation sites is 1. The van der Waals surface area contributed by atoms with E-state index >= 15 is 0 Å². The zero-order valence-corrected chi connectivity index (χ0v) is 10.7. The predicted octanol–water partition coefficient (Wildman–Crippen LogP) is 3.17. The lowest BCUT2D eigenvalue weighted by Gasteiger charge is -2.00. The molecule has 0 fully saturated rings. The average molecular weight is 271 g/mol. The molecule has 1 heterocycles. The van der Waals surface area contributed by atoms with Crippen molar-refractivity contribution in [3.05, 3.63) is 59.6 Å². The number of rotatable bonds is 2. The average Bonchev–Trinajstić information content (AvgIpc) is 2.82. The molecule has 2 N–H and O–H groups in total. The minimum atomic E-state index is 0.348. The zero-order valence-electron chi connectivity index (χ0n) is 9.99. The van der Waals surface area contributed by atoms with E-state index in [9.17, 15) is 0 Å². The molecule has 0 aliphatic rings. The molecule has 0 saturated carbocycles. The Balaban J connectivity index is 2.07. The molecule has 1 aromatic heterocycles. The van der Waals surface area contributed by atoms with E-state index in [1.807, 2.05) is 54.6 Å². The van der Waals surface area contributed by atoms with E-state index < -0.39 is 0 Å². The molecule has 0 amide bonds. The van der Waals surface area contributed by atoms with Gasteiger partial charge in [-0.15, -0.1) is 5.10 Å². The summed E-state index contributed by atoms with van der Waals surface area (Å²) in [4.78, 5) is 4.27. The van der Waals surface area contributed by atoms with Gasteiger partial charge in [-0.25, -0.2) is 0 Å². The number of anilines is 1. The SMILES string of the molecule is Nc1nc(-c2cccc(Cl)c2)nn1-c1ccccc1. The Morgan fingerprint density at radius 1 is 1.00 bits per heavy atom. The second kappa shape index (κ2) is 4.74. The number of nitrogens with two attached hydrogens (primary N) is 1. The molecule has 0 aliphatic heterocycles. The van der Waals surface area contributed by atoms with Crippen molar-refractivity contribution in [1.82, 2.24) is 14.8 Å². The number of aromatic nitrogens is 3. The van der Waals surface area contributed by atoms with Crippen molar-refractivity contribution in [2.75, 3.05) is 5.73 Å². The van der Waals surface area contributed by atoms with Crippen molar-refractivity contribution >= 4 is 17.5 Å². The van der Waals surface area contributed by atoms with Crippen LogP contribution < -0.4 is 5.73 Å². The molecular weight excluding hydrogens is 260 g/mol. The maximum atomic E-state index is 5.96. The van der Waals surface area contributed by atoms with Crippen LogP contribution >= 0.6 is 11.6 Å². The lowest BCUT2D eigenvalue weighted by atomic mass is 10.2. The Hall–Kier alpha value is -2.33. The van der Waals surface area contributed by atoms with Gasteiger partial charge in [-0.3, -0.25) is 0 Å². The van der Waals surface area contributed by atoms with Crippen LogP contribution in [0.15, 0.2) is 54.6 Å². The Labute approximate surface area is 115 Å². The van der Waals surface area contributed by atoms with Gasteiger partial charge in [0.1, 0.15) is 0 Å². The summed E-state index contributed by atoms with van der Waals surface area (Å²) in [6.45, 7) is 0. The van der Waals surface area contributed by atoms with Gasteiger partial charge in [-0.05, 0) is 24.3 Å². The highest BCUT2D eigenvalue weighted by Gasteiger charge is 2.10. The molecule has 0 radical (unpaired) electrons. The van der Waals surface area contributed by atoms with Crippen molar-refractivity contribution < 1.29 is 0 Å². The first kappa shape index (κ1) is 11.7. The van der Waals surface area contributed by atoms with Crippen LogP contribution in [0.2, 0.25) is 5.02 Å². The largest absolute Gasteiger partial charge is 0.368 e. The number of halogens is 1. The van der Waals surface area contributed by atoms with Gasteiger partial charge in [0.05, 0.1) is 5.69 Å². The van der Waals surface area contributed by atoms with Gasteiger partial charge in [0, 0.05) is 10.6 Å². The first-order valence-corrected chi connectivity index (χ1v) is 6.16.